The fraction of sp³-hybridized carbons (Fsp3) is 0.500. The van der Waals surface area contributed by atoms with Gasteiger partial charge in [0.25, 0.3) is 5.91 Å². The van der Waals surface area contributed by atoms with Crippen LogP contribution in [0.15, 0.2) is 18.2 Å². The Morgan fingerprint density at radius 3 is 3.00 bits per heavy atom. The summed E-state index contributed by atoms with van der Waals surface area (Å²) in [6.45, 7) is 2.55. The second-order valence-electron chi connectivity index (χ2n) is 4.40. The second-order valence-corrected chi connectivity index (χ2v) is 5.65. The molecule has 6 heteroatoms. The number of benzene rings is 1. The monoisotopic (exact) mass is 391 g/mol. The van der Waals surface area contributed by atoms with Gasteiger partial charge in [0.05, 0.1) is 18.9 Å². The van der Waals surface area contributed by atoms with Gasteiger partial charge in [0.15, 0.2) is 6.61 Å². The molecule has 1 aliphatic heterocycles. The normalized spacial score (nSPS) is 14.1. The van der Waals surface area contributed by atoms with Crippen molar-refractivity contribution in [3.63, 3.8) is 0 Å². The fourth-order valence-electron chi connectivity index (χ4n) is 1.99. The van der Waals surface area contributed by atoms with Crippen molar-refractivity contribution in [2.24, 2.45) is 0 Å². The van der Waals surface area contributed by atoms with Crippen LogP contribution in [0.25, 0.3) is 0 Å². The van der Waals surface area contributed by atoms with Crippen molar-refractivity contribution in [2.45, 2.75) is 6.42 Å². The molecule has 5 nitrogen and oxygen atoms in total. The van der Waals surface area contributed by atoms with E-state index < -0.39 is 0 Å². The van der Waals surface area contributed by atoms with E-state index in [-0.39, 0.29) is 12.5 Å². The summed E-state index contributed by atoms with van der Waals surface area (Å²) in [5.74, 6) is 0.765. The first-order valence-corrected chi connectivity index (χ1v) is 7.59. The van der Waals surface area contributed by atoms with Gasteiger partial charge < -0.3 is 19.1 Å². The van der Waals surface area contributed by atoms with Crippen LogP contribution in [-0.2, 0) is 14.3 Å². The lowest BCUT2D eigenvalue weighted by Gasteiger charge is -2.29. The number of ether oxygens (including phenoxy) is 3. The van der Waals surface area contributed by atoms with Crippen molar-refractivity contribution in [3.8, 4) is 5.75 Å². The van der Waals surface area contributed by atoms with E-state index in [1.807, 2.05) is 18.2 Å². The molecule has 0 N–H and O–H groups in total. The Balaban J connectivity index is 1.90. The Morgan fingerprint density at radius 1 is 1.35 bits per heavy atom. The molecule has 0 saturated heterocycles. The van der Waals surface area contributed by atoms with Gasteiger partial charge in [-0.25, -0.2) is 0 Å². The topological polar surface area (TPSA) is 48.0 Å². The van der Waals surface area contributed by atoms with Gasteiger partial charge in [-0.05, 0) is 47.2 Å². The van der Waals surface area contributed by atoms with Gasteiger partial charge in [-0.3, -0.25) is 4.79 Å². The highest BCUT2D eigenvalue weighted by atomic mass is 127. The average Bonchev–Trinajstić information content (AvgIpc) is 2.44. The summed E-state index contributed by atoms with van der Waals surface area (Å²) in [4.78, 5) is 13.8. The lowest BCUT2D eigenvalue weighted by Crippen LogP contribution is -2.39. The van der Waals surface area contributed by atoms with E-state index in [2.05, 4.69) is 22.6 Å². The molecule has 0 aromatic heterocycles. The molecule has 0 saturated carbocycles. The summed E-state index contributed by atoms with van der Waals surface area (Å²) in [5, 5.41) is 0. The van der Waals surface area contributed by atoms with Crippen molar-refractivity contribution in [1.29, 1.82) is 0 Å². The Hall–Kier alpha value is -0.860. The van der Waals surface area contributed by atoms with E-state index in [9.17, 15) is 4.79 Å². The Kier molecular flexibility index (Phi) is 6.06. The number of fused-ring (bicyclic) bond motifs is 1. The highest BCUT2D eigenvalue weighted by Gasteiger charge is 2.25. The molecule has 0 unspecified atom stereocenters. The lowest BCUT2D eigenvalue weighted by atomic mass is 10.2. The van der Waals surface area contributed by atoms with Crippen LogP contribution in [-0.4, -0.2) is 46.0 Å². The third-order valence-electron chi connectivity index (χ3n) is 2.97. The molecule has 20 heavy (non-hydrogen) atoms. The van der Waals surface area contributed by atoms with Crippen LogP contribution < -0.4 is 9.64 Å². The minimum absolute atomic E-state index is 0.00334. The van der Waals surface area contributed by atoms with Gasteiger partial charge in [-0.1, -0.05) is 0 Å². The number of hydrogen-bond acceptors (Lipinski definition) is 4. The molecule has 0 spiro atoms. The molecule has 1 aromatic rings. The zero-order valence-electron chi connectivity index (χ0n) is 11.4. The summed E-state index contributed by atoms with van der Waals surface area (Å²) in [6, 6.07) is 5.85. The summed E-state index contributed by atoms with van der Waals surface area (Å²) in [6.07, 6.45) is 0.792. The van der Waals surface area contributed by atoms with Crippen molar-refractivity contribution in [2.75, 3.05) is 45.0 Å². The Labute approximate surface area is 132 Å². The largest absolute Gasteiger partial charge is 0.482 e. The molecular weight excluding hydrogens is 373 g/mol. The minimum atomic E-state index is -0.00334. The molecule has 1 heterocycles. The maximum atomic E-state index is 12.0. The Bertz CT molecular complexity index is 466. The maximum absolute atomic E-state index is 12.0. The Morgan fingerprint density at radius 2 is 2.20 bits per heavy atom. The van der Waals surface area contributed by atoms with Gasteiger partial charge in [0, 0.05) is 23.8 Å². The number of rotatable bonds is 7. The van der Waals surface area contributed by atoms with E-state index >= 15 is 0 Å². The highest BCUT2D eigenvalue weighted by Crippen LogP contribution is 2.33. The molecule has 0 radical (unpaired) electrons. The third kappa shape index (κ3) is 4.07. The zero-order chi connectivity index (χ0) is 14.4. The van der Waals surface area contributed by atoms with Crippen LogP contribution in [0.2, 0.25) is 0 Å². The fourth-order valence-corrected chi connectivity index (χ4v) is 2.46. The molecule has 1 aliphatic rings. The standard InChI is InChI=1S/C14H18INO4/c1-18-7-8-19-6-2-5-16-12-9-11(15)3-4-13(12)20-10-14(16)17/h3-4,9H,2,5-8,10H2,1H3. The molecule has 110 valence electrons. The predicted molar refractivity (Wildman–Crippen MR) is 84.3 cm³/mol. The summed E-state index contributed by atoms with van der Waals surface area (Å²) >= 11 is 2.23. The van der Waals surface area contributed by atoms with Crippen molar-refractivity contribution in [3.05, 3.63) is 21.8 Å². The molecule has 0 atom stereocenters. The van der Waals surface area contributed by atoms with Gasteiger partial charge in [-0.15, -0.1) is 0 Å². The van der Waals surface area contributed by atoms with Crippen molar-refractivity contribution in [1.82, 2.24) is 0 Å². The van der Waals surface area contributed by atoms with Crippen molar-refractivity contribution >= 4 is 34.2 Å². The van der Waals surface area contributed by atoms with E-state index in [0.29, 0.717) is 26.4 Å². The number of hydrogen-bond donors (Lipinski definition) is 0. The first kappa shape index (κ1) is 15.5. The second kappa shape index (κ2) is 7.80. The van der Waals surface area contributed by atoms with Gasteiger partial charge in [0.2, 0.25) is 0 Å². The predicted octanol–water partition coefficient (Wildman–Crippen LogP) is 2.07. The van der Waals surface area contributed by atoms with Crippen LogP contribution in [0.5, 0.6) is 5.75 Å². The number of amides is 1. The number of carbonyl (C=O) groups excluding carboxylic acids is 1. The number of nitrogens with zero attached hydrogens (tertiary/aromatic N) is 1. The first-order valence-electron chi connectivity index (χ1n) is 6.52. The summed E-state index contributed by atoms with van der Waals surface area (Å²) < 4.78 is 16.8. The van der Waals surface area contributed by atoms with Gasteiger partial charge >= 0.3 is 0 Å². The van der Waals surface area contributed by atoms with Gasteiger partial charge in [-0.2, -0.15) is 0 Å². The van der Waals surface area contributed by atoms with E-state index in [1.165, 1.54) is 0 Å². The zero-order valence-corrected chi connectivity index (χ0v) is 13.6. The molecule has 0 aliphatic carbocycles. The average molecular weight is 391 g/mol. The van der Waals surface area contributed by atoms with E-state index in [0.717, 1.165) is 21.4 Å². The van der Waals surface area contributed by atoms with Crippen LogP contribution in [0.1, 0.15) is 6.42 Å². The maximum Gasteiger partial charge on any atom is 0.265 e. The molecule has 0 fully saturated rings. The van der Waals surface area contributed by atoms with Crippen LogP contribution in [0, 0.1) is 3.57 Å². The lowest BCUT2D eigenvalue weighted by molar-refractivity contribution is -0.121. The van der Waals surface area contributed by atoms with Crippen LogP contribution in [0.3, 0.4) is 0 Å². The summed E-state index contributed by atoms with van der Waals surface area (Å²) in [5.41, 5.74) is 0.852. The molecule has 0 bridgehead atoms. The third-order valence-corrected chi connectivity index (χ3v) is 3.64. The number of halogens is 1. The van der Waals surface area contributed by atoms with Crippen LogP contribution >= 0.6 is 22.6 Å². The van der Waals surface area contributed by atoms with E-state index in [1.54, 1.807) is 12.0 Å². The molecule has 1 amide bonds. The quantitative estimate of drug-likeness (QED) is 0.528. The molecular formula is C14H18INO4. The minimum Gasteiger partial charge on any atom is -0.482 e. The summed E-state index contributed by atoms with van der Waals surface area (Å²) in [7, 11) is 1.65. The van der Waals surface area contributed by atoms with Crippen LogP contribution in [0.4, 0.5) is 5.69 Å². The number of anilines is 1. The highest BCUT2D eigenvalue weighted by molar-refractivity contribution is 14.1. The van der Waals surface area contributed by atoms with E-state index in [4.69, 9.17) is 14.2 Å². The first-order chi connectivity index (χ1) is 9.72. The molecule has 1 aromatic carbocycles. The number of methoxy groups -OCH3 is 1. The van der Waals surface area contributed by atoms with Crippen molar-refractivity contribution < 1.29 is 19.0 Å². The molecule has 2 rings (SSSR count). The van der Waals surface area contributed by atoms with Gasteiger partial charge in [0.1, 0.15) is 5.75 Å². The smallest absolute Gasteiger partial charge is 0.265 e. The number of carbonyl (C=O) groups is 1. The SMILES string of the molecule is COCCOCCCN1C(=O)COc2ccc(I)cc21.